The molecule has 1 heterocycles. The number of rotatable bonds is 4. The summed E-state index contributed by atoms with van der Waals surface area (Å²) in [7, 11) is 1.53. The van der Waals surface area contributed by atoms with Crippen molar-refractivity contribution in [3.63, 3.8) is 0 Å². The van der Waals surface area contributed by atoms with Crippen LogP contribution in [0.3, 0.4) is 0 Å². The molecule has 2 rings (SSSR count). The van der Waals surface area contributed by atoms with Crippen LogP contribution in [0.2, 0.25) is 0 Å². The molecule has 0 aliphatic heterocycles. The number of carbonyl (C=O) groups is 1. The SMILES string of the molecule is Cc1cccc(NC(=O)CN(C)c2ncc(C(F)(F)F)s2)c1C. The van der Waals surface area contributed by atoms with Gasteiger partial charge in [-0.25, -0.2) is 4.98 Å². The van der Waals surface area contributed by atoms with Gasteiger partial charge < -0.3 is 10.2 Å². The number of thiazole rings is 1. The maximum Gasteiger partial charge on any atom is 0.427 e. The fourth-order valence-electron chi connectivity index (χ4n) is 1.93. The number of likely N-dealkylation sites (N-methyl/N-ethyl adjacent to an activating group) is 1. The average molecular weight is 343 g/mol. The van der Waals surface area contributed by atoms with Gasteiger partial charge in [0.05, 0.1) is 12.7 Å². The number of nitrogens with zero attached hydrogens (tertiary/aromatic N) is 2. The Hall–Kier alpha value is -2.09. The molecule has 1 amide bonds. The van der Waals surface area contributed by atoms with Crippen LogP contribution < -0.4 is 10.2 Å². The van der Waals surface area contributed by atoms with Crippen molar-refractivity contribution >= 4 is 28.1 Å². The number of alkyl halides is 3. The summed E-state index contributed by atoms with van der Waals surface area (Å²) in [5, 5.41) is 2.91. The minimum Gasteiger partial charge on any atom is -0.342 e. The molecule has 0 fully saturated rings. The second kappa shape index (κ2) is 6.57. The zero-order valence-corrected chi connectivity index (χ0v) is 13.7. The van der Waals surface area contributed by atoms with E-state index in [1.54, 1.807) is 6.07 Å². The lowest BCUT2D eigenvalue weighted by Gasteiger charge is -2.16. The van der Waals surface area contributed by atoms with E-state index < -0.39 is 11.1 Å². The molecule has 0 unspecified atom stereocenters. The van der Waals surface area contributed by atoms with Crippen molar-refractivity contribution in [3.05, 3.63) is 40.4 Å². The Kier molecular flexibility index (Phi) is 4.93. The van der Waals surface area contributed by atoms with Crippen molar-refractivity contribution in [2.45, 2.75) is 20.0 Å². The Balaban J connectivity index is 2.02. The fourth-order valence-corrected chi connectivity index (χ4v) is 2.68. The molecule has 0 spiro atoms. The zero-order valence-electron chi connectivity index (χ0n) is 12.9. The molecule has 1 aromatic heterocycles. The Morgan fingerprint density at radius 1 is 1.35 bits per heavy atom. The number of nitrogens with one attached hydrogen (secondary N) is 1. The Bertz CT molecular complexity index is 712. The predicted molar refractivity (Wildman–Crippen MR) is 84.9 cm³/mol. The third-order valence-electron chi connectivity index (χ3n) is 3.36. The van der Waals surface area contributed by atoms with Gasteiger partial charge in [-0.1, -0.05) is 23.5 Å². The molecule has 1 N–H and O–H groups in total. The molecule has 0 saturated heterocycles. The van der Waals surface area contributed by atoms with E-state index in [2.05, 4.69) is 10.3 Å². The van der Waals surface area contributed by atoms with Crippen LogP contribution in [-0.2, 0) is 11.0 Å². The third-order valence-corrected chi connectivity index (χ3v) is 4.52. The first-order valence-corrected chi connectivity index (χ1v) is 7.60. The third kappa shape index (κ3) is 4.22. The first kappa shape index (κ1) is 17.3. The zero-order chi connectivity index (χ0) is 17.2. The van der Waals surface area contributed by atoms with E-state index in [4.69, 9.17) is 0 Å². The average Bonchev–Trinajstić information content (AvgIpc) is 2.93. The van der Waals surface area contributed by atoms with Crippen molar-refractivity contribution in [1.29, 1.82) is 0 Å². The summed E-state index contributed by atoms with van der Waals surface area (Å²) in [6, 6.07) is 5.55. The largest absolute Gasteiger partial charge is 0.427 e. The van der Waals surface area contributed by atoms with Crippen LogP contribution in [0.25, 0.3) is 0 Å². The molecule has 0 saturated carbocycles. The highest BCUT2D eigenvalue weighted by Crippen LogP contribution is 2.35. The maximum absolute atomic E-state index is 12.6. The standard InChI is InChI=1S/C15H16F3N3OS/c1-9-5-4-6-11(10(9)2)20-13(22)8-21(3)14-19-7-12(23-14)15(16,17)18/h4-7H,8H2,1-3H3,(H,20,22). The summed E-state index contributed by atoms with van der Waals surface area (Å²) < 4.78 is 37.7. The molecular formula is C15H16F3N3OS. The number of hydrogen-bond donors (Lipinski definition) is 1. The van der Waals surface area contributed by atoms with E-state index in [1.165, 1.54) is 11.9 Å². The monoisotopic (exact) mass is 343 g/mol. The molecule has 0 radical (unpaired) electrons. The molecule has 23 heavy (non-hydrogen) atoms. The van der Waals surface area contributed by atoms with Gasteiger partial charge in [-0.05, 0) is 31.0 Å². The van der Waals surface area contributed by atoms with Crippen molar-refractivity contribution in [2.75, 3.05) is 23.8 Å². The maximum atomic E-state index is 12.6. The normalized spacial score (nSPS) is 11.4. The molecule has 0 aliphatic rings. The molecule has 1 aromatic carbocycles. The second-order valence-electron chi connectivity index (χ2n) is 5.16. The predicted octanol–water partition coefficient (Wildman–Crippen LogP) is 3.85. The molecule has 0 bridgehead atoms. The number of amides is 1. The molecule has 124 valence electrons. The highest BCUT2D eigenvalue weighted by molar-refractivity contribution is 7.15. The Labute approximate surface area is 136 Å². The first-order valence-electron chi connectivity index (χ1n) is 6.78. The van der Waals surface area contributed by atoms with E-state index in [1.807, 2.05) is 26.0 Å². The molecule has 4 nitrogen and oxygen atoms in total. The molecule has 2 aromatic rings. The summed E-state index contributed by atoms with van der Waals surface area (Å²) in [6.45, 7) is 3.74. The number of carbonyl (C=O) groups excluding carboxylic acids is 1. The van der Waals surface area contributed by atoms with Gasteiger partial charge in [0.25, 0.3) is 0 Å². The Morgan fingerprint density at radius 3 is 2.65 bits per heavy atom. The van der Waals surface area contributed by atoms with Crippen LogP contribution in [0.4, 0.5) is 24.0 Å². The van der Waals surface area contributed by atoms with Crippen LogP contribution in [0.15, 0.2) is 24.4 Å². The molecule has 0 aliphatic carbocycles. The van der Waals surface area contributed by atoms with Crippen molar-refractivity contribution < 1.29 is 18.0 Å². The lowest BCUT2D eigenvalue weighted by atomic mass is 10.1. The minimum absolute atomic E-state index is 0.0851. The lowest BCUT2D eigenvalue weighted by Crippen LogP contribution is -2.30. The minimum atomic E-state index is -4.42. The van der Waals surface area contributed by atoms with E-state index in [0.717, 1.165) is 17.3 Å². The van der Waals surface area contributed by atoms with E-state index in [0.29, 0.717) is 17.0 Å². The molecule has 0 atom stereocenters. The van der Waals surface area contributed by atoms with Crippen molar-refractivity contribution in [1.82, 2.24) is 4.98 Å². The lowest BCUT2D eigenvalue weighted by molar-refractivity contribution is -0.134. The highest BCUT2D eigenvalue weighted by atomic mass is 32.1. The van der Waals surface area contributed by atoms with Crippen LogP contribution >= 0.6 is 11.3 Å². The van der Waals surface area contributed by atoms with Gasteiger partial charge in [-0.3, -0.25) is 4.79 Å². The van der Waals surface area contributed by atoms with Gasteiger partial charge in [0.2, 0.25) is 5.91 Å². The van der Waals surface area contributed by atoms with Gasteiger partial charge in [0.1, 0.15) is 4.88 Å². The number of anilines is 2. The van der Waals surface area contributed by atoms with Crippen LogP contribution in [-0.4, -0.2) is 24.5 Å². The van der Waals surface area contributed by atoms with Gasteiger partial charge in [0, 0.05) is 12.7 Å². The Morgan fingerprint density at radius 2 is 2.04 bits per heavy atom. The summed E-state index contributed by atoms with van der Waals surface area (Å²) in [6.07, 6.45) is -3.64. The fraction of sp³-hybridized carbons (Fsp3) is 0.333. The number of aryl methyl sites for hydroxylation is 1. The number of benzene rings is 1. The molecule has 8 heteroatoms. The quantitative estimate of drug-likeness (QED) is 0.917. The van der Waals surface area contributed by atoms with Gasteiger partial charge in [-0.2, -0.15) is 13.2 Å². The second-order valence-corrected chi connectivity index (χ2v) is 6.17. The van der Waals surface area contributed by atoms with E-state index in [9.17, 15) is 18.0 Å². The smallest absolute Gasteiger partial charge is 0.342 e. The topological polar surface area (TPSA) is 45.2 Å². The van der Waals surface area contributed by atoms with Crippen molar-refractivity contribution in [2.24, 2.45) is 0 Å². The van der Waals surface area contributed by atoms with Crippen LogP contribution in [0, 0.1) is 13.8 Å². The number of hydrogen-bond acceptors (Lipinski definition) is 4. The number of aromatic nitrogens is 1. The number of halogens is 3. The first-order chi connectivity index (χ1) is 10.7. The van der Waals surface area contributed by atoms with Gasteiger partial charge >= 0.3 is 6.18 Å². The summed E-state index contributed by atoms with van der Waals surface area (Å²) in [5.74, 6) is -0.315. The summed E-state index contributed by atoms with van der Waals surface area (Å²) in [5.41, 5.74) is 2.70. The van der Waals surface area contributed by atoms with Gasteiger partial charge in [0.15, 0.2) is 5.13 Å². The van der Waals surface area contributed by atoms with E-state index >= 15 is 0 Å². The van der Waals surface area contributed by atoms with Crippen molar-refractivity contribution in [3.8, 4) is 0 Å². The van der Waals surface area contributed by atoms with Crippen LogP contribution in [0.5, 0.6) is 0 Å². The highest BCUT2D eigenvalue weighted by Gasteiger charge is 2.33. The van der Waals surface area contributed by atoms with E-state index in [-0.39, 0.29) is 17.6 Å². The van der Waals surface area contributed by atoms with Gasteiger partial charge in [-0.15, -0.1) is 0 Å². The summed E-state index contributed by atoms with van der Waals surface area (Å²) in [4.78, 5) is 16.4. The summed E-state index contributed by atoms with van der Waals surface area (Å²) >= 11 is 0.512. The molecular weight excluding hydrogens is 327 g/mol. The van der Waals surface area contributed by atoms with Crippen LogP contribution in [0.1, 0.15) is 16.0 Å².